The zero-order valence-electron chi connectivity index (χ0n) is 9.87. The van der Waals surface area contributed by atoms with Gasteiger partial charge in [-0.3, -0.25) is 4.79 Å². The van der Waals surface area contributed by atoms with Gasteiger partial charge in [-0.25, -0.2) is 0 Å². The van der Waals surface area contributed by atoms with Crippen LogP contribution in [0, 0.1) is 5.92 Å². The highest BCUT2D eigenvalue weighted by molar-refractivity contribution is 9.11. The second kappa shape index (κ2) is 7.21. The Balaban J connectivity index is 2.85. The zero-order valence-corrected chi connectivity index (χ0v) is 13.9. The highest BCUT2D eigenvalue weighted by Gasteiger charge is 2.21. The van der Waals surface area contributed by atoms with Crippen molar-refractivity contribution in [1.29, 1.82) is 0 Å². The maximum atomic E-state index is 12.1. The van der Waals surface area contributed by atoms with Gasteiger partial charge in [0.1, 0.15) is 0 Å². The molecule has 1 aromatic rings. The Bertz CT molecular complexity index is 465. The monoisotopic (exact) mass is 392 g/mol. The van der Waals surface area contributed by atoms with Crippen LogP contribution in [0.15, 0.2) is 27.1 Å². The molecule has 1 atom stereocenters. The van der Waals surface area contributed by atoms with Crippen molar-refractivity contribution < 1.29 is 4.79 Å². The number of amides is 1. The van der Waals surface area contributed by atoms with Crippen molar-refractivity contribution in [2.45, 2.75) is 19.8 Å². The van der Waals surface area contributed by atoms with Crippen molar-refractivity contribution in [3.05, 3.63) is 27.1 Å². The third-order valence-corrected chi connectivity index (χ3v) is 3.89. The van der Waals surface area contributed by atoms with Crippen LogP contribution < -0.4 is 11.1 Å². The molecule has 1 aromatic carbocycles. The maximum absolute atomic E-state index is 12.1. The Morgan fingerprint density at radius 2 is 2.17 bits per heavy atom. The van der Waals surface area contributed by atoms with Crippen molar-refractivity contribution in [2.75, 3.05) is 5.32 Å². The number of nitrogens with two attached hydrogens (primary N) is 1. The molecule has 1 rings (SSSR count). The lowest BCUT2D eigenvalue weighted by atomic mass is 10.0. The molecule has 0 aliphatic rings. The van der Waals surface area contributed by atoms with Gasteiger partial charge < -0.3 is 11.1 Å². The Morgan fingerprint density at radius 1 is 1.50 bits per heavy atom. The molecule has 0 saturated carbocycles. The highest BCUT2D eigenvalue weighted by atomic mass is 79.9. The van der Waals surface area contributed by atoms with Crippen molar-refractivity contribution in [2.24, 2.45) is 11.7 Å². The van der Waals surface area contributed by atoms with Crippen LogP contribution in [0.3, 0.4) is 0 Å². The molecule has 3 N–H and O–H groups in total. The van der Waals surface area contributed by atoms with Crippen LogP contribution >= 0.6 is 44.1 Å². The Morgan fingerprint density at radius 3 is 2.72 bits per heavy atom. The molecule has 0 spiro atoms. The fourth-order valence-corrected chi connectivity index (χ4v) is 2.44. The highest BCUT2D eigenvalue weighted by Crippen LogP contribution is 2.26. The first-order valence-corrected chi connectivity index (χ1v) is 7.50. The third kappa shape index (κ3) is 4.33. The van der Waals surface area contributed by atoms with Gasteiger partial charge in [-0.05, 0) is 40.5 Å². The molecule has 1 unspecified atom stereocenters. The van der Waals surface area contributed by atoms with Crippen LogP contribution in [0.4, 0.5) is 5.69 Å². The molecule has 98 valence electrons. The van der Waals surface area contributed by atoms with E-state index in [-0.39, 0.29) is 10.9 Å². The molecule has 0 aromatic heterocycles. The van der Waals surface area contributed by atoms with Crippen molar-refractivity contribution in [3.8, 4) is 0 Å². The number of carbonyl (C=O) groups is 1. The summed E-state index contributed by atoms with van der Waals surface area (Å²) in [6.07, 6.45) is 1.52. The number of halogens is 2. The van der Waals surface area contributed by atoms with E-state index < -0.39 is 5.92 Å². The number of benzene rings is 1. The smallest absolute Gasteiger partial charge is 0.234 e. The van der Waals surface area contributed by atoms with E-state index >= 15 is 0 Å². The molecule has 0 radical (unpaired) electrons. The van der Waals surface area contributed by atoms with E-state index in [1.807, 2.05) is 25.1 Å². The zero-order chi connectivity index (χ0) is 13.7. The Kier molecular flexibility index (Phi) is 6.25. The van der Waals surface area contributed by atoms with E-state index in [2.05, 4.69) is 37.2 Å². The third-order valence-electron chi connectivity index (χ3n) is 2.42. The number of nitrogens with one attached hydrogen (secondary N) is 1. The summed E-state index contributed by atoms with van der Waals surface area (Å²) in [5, 5.41) is 2.83. The average molecular weight is 394 g/mol. The minimum atomic E-state index is -0.420. The van der Waals surface area contributed by atoms with E-state index in [0.29, 0.717) is 12.1 Å². The molecular weight excluding hydrogens is 380 g/mol. The quantitative estimate of drug-likeness (QED) is 0.747. The minimum Gasteiger partial charge on any atom is -0.393 e. The SMILES string of the molecule is CCCC(C(=O)Nc1cc(Br)ccc1Br)C(N)=S. The van der Waals surface area contributed by atoms with Crippen LogP contribution in [-0.4, -0.2) is 10.9 Å². The molecule has 0 heterocycles. The number of hydrogen-bond acceptors (Lipinski definition) is 2. The minimum absolute atomic E-state index is 0.164. The average Bonchev–Trinajstić information content (AvgIpc) is 2.30. The molecule has 0 bridgehead atoms. The fourth-order valence-electron chi connectivity index (χ4n) is 1.50. The van der Waals surface area contributed by atoms with Gasteiger partial charge in [0, 0.05) is 8.95 Å². The van der Waals surface area contributed by atoms with E-state index in [0.717, 1.165) is 15.4 Å². The normalized spacial score (nSPS) is 11.9. The van der Waals surface area contributed by atoms with Gasteiger partial charge in [0.25, 0.3) is 0 Å². The summed E-state index contributed by atoms with van der Waals surface area (Å²) in [5.41, 5.74) is 6.30. The van der Waals surface area contributed by atoms with Crippen LogP contribution in [-0.2, 0) is 4.79 Å². The number of anilines is 1. The van der Waals surface area contributed by atoms with Gasteiger partial charge in [0.2, 0.25) is 5.91 Å². The van der Waals surface area contributed by atoms with Crippen LogP contribution in [0.2, 0.25) is 0 Å². The van der Waals surface area contributed by atoms with Crippen LogP contribution in [0.1, 0.15) is 19.8 Å². The molecule has 1 amide bonds. The summed E-state index contributed by atoms with van der Waals surface area (Å²) in [4.78, 5) is 12.3. The first-order valence-electron chi connectivity index (χ1n) is 5.51. The molecule has 0 aliphatic heterocycles. The molecule has 0 saturated heterocycles. The Labute approximate surface area is 129 Å². The lowest BCUT2D eigenvalue weighted by Gasteiger charge is -2.15. The largest absolute Gasteiger partial charge is 0.393 e. The molecule has 3 nitrogen and oxygen atoms in total. The molecule has 0 aliphatic carbocycles. The summed E-state index contributed by atoms with van der Waals surface area (Å²) in [5.74, 6) is -0.584. The van der Waals surface area contributed by atoms with Crippen molar-refractivity contribution >= 4 is 60.7 Å². The van der Waals surface area contributed by atoms with Crippen LogP contribution in [0.5, 0.6) is 0 Å². The molecule has 6 heteroatoms. The molecule has 18 heavy (non-hydrogen) atoms. The second-order valence-electron chi connectivity index (χ2n) is 3.86. The van der Waals surface area contributed by atoms with Crippen LogP contribution in [0.25, 0.3) is 0 Å². The predicted molar refractivity (Wildman–Crippen MR) is 85.7 cm³/mol. The number of carbonyl (C=O) groups excluding carboxylic acids is 1. The van der Waals surface area contributed by atoms with E-state index in [1.54, 1.807) is 0 Å². The molecule has 0 fully saturated rings. The summed E-state index contributed by atoms with van der Waals surface area (Å²) < 4.78 is 1.71. The topological polar surface area (TPSA) is 55.1 Å². The first-order chi connectivity index (χ1) is 8.45. The maximum Gasteiger partial charge on any atom is 0.234 e. The van der Waals surface area contributed by atoms with Gasteiger partial charge in [-0.1, -0.05) is 41.5 Å². The summed E-state index contributed by atoms with van der Waals surface area (Å²) in [6.45, 7) is 1.99. The fraction of sp³-hybridized carbons (Fsp3) is 0.333. The van der Waals surface area contributed by atoms with Crippen molar-refractivity contribution in [3.63, 3.8) is 0 Å². The summed E-state index contributed by atoms with van der Waals surface area (Å²) >= 11 is 11.7. The predicted octanol–water partition coefficient (Wildman–Crippen LogP) is 3.85. The number of rotatable bonds is 5. The summed E-state index contributed by atoms with van der Waals surface area (Å²) in [6, 6.07) is 5.57. The summed E-state index contributed by atoms with van der Waals surface area (Å²) in [7, 11) is 0. The van der Waals surface area contributed by atoms with Gasteiger partial charge in [0.05, 0.1) is 16.6 Å². The lowest BCUT2D eigenvalue weighted by Crippen LogP contribution is -2.33. The molecular formula is C12H14Br2N2OS. The van der Waals surface area contributed by atoms with E-state index in [4.69, 9.17) is 18.0 Å². The van der Waals surface area contributed by atoms with Crippen molar-refractivity contribution in [1.82, 2.24) is 0 Å². The van der Waals surface area contributed by atoms with Gasteiger partial charge in [-0.15, -0.1) is 0 Å². The number of hydrogen-bond donors (Lipinski definition) is 2. The first kappa shape index (κ1) is 15.6. The Hall–Kier alpha value is -0.460. The number of thiocarbonyl (C=S) groups is 1. The van der Waals surface area contributed by atoms with Gasteiger partial charge in [0.15, 0.2) is 0 Å². The standard InChI is InChI=1S/C12H14Br2N2OS/c1-2-3-8(11(15)18)12(17)16-10-6-7(13)4-5-9(10)14/h4-6,8H,2-3H2,1H3,(H2,15,18)(H,16,17). The lowest BCUT2D eigenvalue weighted by molar-refractivity contribution is -0.118. The van der Waals surface area contributed by atoms with Gasteiger partial charge >= 0.3 is 0 Å². The van der Waals surface area contributed by atoms with E-state index in [1.165, 1.54) is 0 Å². The second-order valence-corrected chi connectivity index (χ2v) is 6.10. The van der Waals surface area contributed by atoms with Gasteiger partial charge in [-0.2, -0.15) is 0 Å². The van der Waals surface area contributed by atoms with E-state index in [9.17, 15) is 4.79 Å².